The third-order valence-corrected chi connectivity index (χ3v) is 5.63. The Labute approximate surface area is 178 Å². The van der Waals surface area contributed by atoms with Gasteiger partial charge < -0.3 is 14.2 Å². The van der Waals surface area contributed by atoms with Gasteiger partial charge in [-0.1, -0.05) is 72.4 Å². The van der Waals surface area contributed by atoms with Gasteiger partial charge in [0.25, 0.3) is 11.1 Å². The highest BCUT2D eigenvalue weighted by Crippen LogP contribution is 2.29. The Morgan fingerprint density at radius 1 is 0.967 bits per heavy atom. The van der Waals surface area contributed by atoms with E-state index in [1.54, 1.807) is 12.3 Å². The zero-order chi connectivity index (χ0) is 20.9. The van der Waals surface area contributed by atoms with Crippen molar-refractivity contribution in [1.29, 1.82) is 0 Å². The number of hydrogen-bond donors (Lipinski definition) is 1. The molecule has 0 aliphatic rings. The van der Waals surface area contributed by atoms with Gasteiger partial charge in [0.1, 0.15) is 5.76 Å². The summed E-state index contributed by atoms with van der Waals surface area (Å²) in [4.78, 5) is 13.0. The van der Waals surface area contributed by atoms with Crippen molar-refractivity contribution in [3.63, 3.8) is 0 Å². The summed E-state index contributed by atoms with van der Waals surface area (Å²) in [7, 11) is 0. The zero-order valence-corrected chi connectivity index (χ0v) is 17.4. The molecule has 0 saturated heterocycles. The van der Waals surface area contributed by atoms with Crippen molar-refractivity contribution in [2.75, 3.05) is 0 Å². The Morgan fingerprint density at radius 3 is 2.17 bits per heavy atom. The predicted octanol–water partition coefficient (Wildman–Crippen LogP) is 5.02. The minimum absolute atomic E-state index is 0.114. The molecule has 0 bridgehead atoms. The van der Waals surface area contributed by atoms with Crippen molar-refractivity contribution in [1.82, 2.24) is 15.5 Å². The lowest BCUT2D eigenvalue weighted by molar-refractivity contribution is -0.120. The van der Waals surface area contributed by atoms with Crippen molar-refractivity contribution >= 4 is 17.7 Å². The van der Waals surface area contributed by atoms with Gasteiger partial charge in [0, 0.05) is 0 Å². The van der Waals surface area contributed by atoms with Crippen LogP contribution in [0.3, 0.4) is 0 Å². The molecule has 1 N–H and O–H groups in total. The minimum Gasteiger partial charge on any atom is -0.469 e. The van der Waals surface area contributed by atoms with E-state index in [0.717, 1.165) is 16.7 Å². The topological polar surface area (TPSA) is 81.2 Å². The standard InChI is InChI=1S/C23H21N3O3S/c1-15-19(13-14-28-15)22-25-26-23(29-22)30-16(2)21(27)24-20(17-9-5-3-6-10-17)18-11-7-4-8-12-18/h3-14,16,20H,1-2H3,(H,24,27)/t16-/m0/s1. The maximum Gasteiger partial charge on any atom is 0.277 e. The molecule has 6 nitrogen and oxygen atoms in total. The summed E-state index contributed by atoms with van der Waals surface area (Å²) in [5, 5.41) is 11.2. The Bertz CT molecular complexity index is 1070. The maximum atomic E-state index is 13.0. The van der Waals surface area contributed by atoms with Crippen LogP contribution in [0.15, 0.2) is 87.1 Å². The lowest BCUT2D eigenvalue weighted by Gasteiger charge is -2.21. The fourth-order valence-corrected chi connectivity index (χ4v) is 3.78. The number of amides is 1. The fourth-order valence-electron chi connectivity index (χ4n) is 3.09. The summed E-state index contributed by atoms with van der Waals surface area (Å²) in [5.74, 6) is 0.967. The van der Waals surface area contributed by atoms with Crippen LogP contribution in [-0.4, -0.2) is 21.4 Å². The smallest absolute Gasteiger partial charge is 0.277 e. The first-order valence-electron chi connectivity index (χ1n) is 9.56. The summed E-state index contributed by atoms with van der Waals surface area (Å²) in [5.41, 5.74) is 2.79. The van der Waals surface area contributed by atoms with Crippen LogP contribution < -0.4 is 5.32 Å². The van der Waals surface area contributed by atoms with Crippen LogP contribution >= 0.6 is 11.8 Å². The summed E-state index contributed by atoms with van der Waals surface area (Å²) in [6.07, 6.45) is 1.57. The summed E-state index contributed by atoms with van der Waals surface area (Å²) >= 11 is 1.23. The molecule has 4 rings (SSSR count). The molecule has 1 atom stereocenters. The van der Waals surface area contributed by atoms with Crippen LogP contribution in [0, 0.1) is 6.92 Å². The summed E-state index contributed by atoms with van der Waals surface area (Å²) < 4.78 is 11.0. The number of benzene rings is 2. The van der Waals surface area contributed by atoms with Crippen molar-refractivity contribution < 1.29 is 13.6 Å². The first kappa shape index (κ1) is 20.0. The van der Waals surface area contributed by atoms with Gasteiger partial charge in [0.05, 0.1) is 23.1 Å². The van der Waals surface area contributed by atoms with Crippen LogP contribution in [0.2, 0.25) is 0 Å². The average Bonchev–Trinajstić information content (AvgIpc) is 3.41. The van der Waals surface area contributed by atoms with Crippen LogP contribution in [0.4, 0.5) is 0 Å². The number of hydrogen-bond acceptors (Lipinski definition) is 6. The summed E-state index contributed by atoms with van der Waals surface area (Å²) in [6.45, 7) is 3.65. The molecule has 0 aliphatic heterocycles. The highest BCUT2D eigenvalue weighted by Gasteiger charge is 2.23. The molecule has 0 saturated carbocycles. The normalized spacial score (nSPS) is 12.1. The van der Waals surface area contributed by atoms with E-state index >= 15 is 0 Å². The number of aromatic nitrogens is 2. The Kier molecular flexibility index (Phi) is 5.99. The van der Waals surface area contributed by atoms with Gasteiger partial charge in [-0.15, -0.1) is 10.2 Å². The molecule has 152 valence electrons. The molecule has 2 aromatic carbocycles. The van der Waals surface area contributed by atoms with Crippen LogP contribution in [-0.2, 0) is 4.79 Å². The molecule has 7 heteroatoms. The molecular weight excluding hydrogens is 398 g/mol. The lowest BCUT2D eigenvalue weighted by Crippen LogP contribution is -2.34. The Hall–Kier alpha value is -3.32. The van der Waals surface area contributed by atoms with Crippen LogP contribution in [0.1, 0.15) is 29.9 Å². The monoisotopic (exact) mass is 419 g/mol. The van der Waals surface area contributed by atoms with E-state index in [1.807, 2.05) is 74.5 Å². The van der Waals surface area contributed by atoms with Gasteiger partial charge in [-0.3, -0.25) is 4.79 Å². The first-order chi connectivity index (χ1) is 14.6. The lowest BCUT2D eigenvalue weighted by atomic mass is 9.98. The second-order valence-corrected chi connectivity index (χ2v) is 8.08. The largest absolute Gasteiger partial charge is 0.469 e. The second-order valence-electron chi connectivity index (χ2n) is 6.79. The molecular formula is C23H21N3O3S. The van der Waals surface area contributed by atoms with Crippen LogP contribution in [0.5, 0.6) is 0 Å². The third-order valence-electron chi connectivity index (χ3n) is 4.69. The van der Waals surface area contributed by atoms with Gasteiger partial charge in [0.15, 0.2) is 0 Å². The van der Waals surface area contributed by atoms with E-state index in [2.05, 4.69) is 15.5 Å². The van der Waals surface area contributed by atoms with Crippen molar-refractivity contribution in [2.45, 2.75) is 30.4 Å². The van der Waals surface area contributed by atoms with Crippen molar-refractivity contribution in [3.8, 4) is 11.5 Å². The van der Waals surface area contributed by atoms with Crippen molar-refractivity contribution in [2.24, 2.45) is 0 Å². The number of carbonyl (C=O) groups excluding carboxylic acids is 1. The number of furan rings is 1. The number of nitrogens with zero attached hydrogens (tertiary/aromatic N) is 2. The number of nitrogens with one attached hydrogen (secondary N) is 1. The number of thioether (sulfide) groups is 1. The minimum atomic E-state index is -0.418. The van der Waals surface area contributed by atoms with Gasteiger partial charge >= 0.3 is 0 Å². The molecule has 2 heterocycles. The van der Waals surface area contributed by atoms with Gasteiger partial charge in [0.2, 0.25) is 5.91 Å². The molecule has 4 aromatic rings. The molecule has 2 aromatic heterocycles. The highest BCUT2D eigenvalue weighted by molar-refractivity contribution is 8.00. The highest BCUT2D eigenvalue weighted by atomic mass is 32.2. The maximum absolute atomic E-state index is 13.0. The molecule has 0 fully saturated rings. The fraction of sp³-hybridized carbons (Fsp3) is 0.174. The van der Waals surface area contributed by atoms with Crippen molar-refractivity contribution in [3.05, 3.63) is 89.9 Å². The second kappa shape index (κ2) is 9.00. The van der Waals surface area contributed by atoms with Gasteiger partial charge in [-0.25, -0.2) is 0 Å². The predicted molar refractivity (Wildman–Crippen MR) is 115 cm³/mol. The zero-order valence-electron chi connectivity index (χ0n) is 16.6. The Morgan fingerprint density at radius 2 is 1.60 bits per heavy atom. The summed E-state index contributed by atoms with van der Waals surface area (Å²) in [6, 6.07) is 21.3. The molecule has 0 aliphatic carbocycles. The average molecular weight is 420 g/mol. The number of aryl methyl sites for hydroxylation is 1. The third kappa shape index (κ3) is 4.46. The van der Waals surface area contributed by atoms with E-state index < -0.39 is 5.25 Å². The van der Waals surface area contributed by atoms with Gasteiger partial charge in [-0.05, 0) is 31.0 Å². The van der Waals surface area contributed by atoms with Crippen LogP contribution in [0.25, 0.3) is 11.5 Å². The van der Waals surface area contributed by atoms with E-state index in [4.69, 9.17) is 8.83 Å². The quantitative estimate of drug-likeness (QED) is 0.424. The number of carbonyl (C=O) groups is 1. The van der Waals surface area contributed by atoms with E-state index in [-0.39, 0.29) is 11.9 Å². The molecule has 1 amide bonds. The SMILES string of the molecule is Cc1occc1-c1nnc(S[C@@H](C)C(=O)NC(c2ccccc2)c2ccccc2)o1. The van der Waals surface area contributed by atoms with E-state index in [1.165, 1.54) is 11.8 Å². The molecule has 0 spiro atoms. The number of rotatable bonds is 7. The van der Waals surface area contributed by atoms with E-state index in [0.29, 0.717) is 16.9 Å². The van der Waals surface area contributed by atoms with E-state index in [9.17, 15) is 4.79 Å². The van der Waals surface area contributed by atoms with Gasteiger partial charge in [-0.2, -0.15) is 0 Å². The molecule has 0 unspecified atom stereocenters. The molecule has 30 heavy (non-hydrogen) atoms. The Balaban J connectivity index is 1.48. The first-order valence-corrected chi connectivity index (χ1v) is 10.4. The molecule has 0 radical (unpaired) electrons.